The van der Waals surface area contributed by atoms with E-state index in [9.17, 15) is 0 Å². The normalized spacial score (nSPS) is 21.1. The van der Waals surface area contributed by atoms with Crippen molar-refractivity contribution in [3.05, 3.63) is 35.4 Å². The monoisotopic (exact) mass is 228 g/mol. The molecule has 1 aliphatic heterocycles. The van der Waals surface area contributed by atoms with Crippen LogP contribution in [0.2, 0.25) is 0 Å². The molecule has 1 aromatic carbocycles. The van der Waals surface area contributed by atoms with Crippen LogP contribution in [-0.4, -0.2) is 18.0 Å². The fourth-order valence-electron chi connectivity index (χ4n) is 2.62. The van der Waals surface area contributed by atoms with Crippen molar-refractivity contribution in [2.75, 3.05) is 13.1 Å². The van der Waals surface area contributed by atoms with Crippen molar-refractivity contribution in [2.45, 2.75) is 32.7 Å². The number of benzene rings is 1. The summed E-state index contributed by atoms with van der Waals surface area (Å²) in [7, 11) is 0. The highest BCUT2D eigenvalue weighted by molar-refractivity contribution is 5.25. The summed E-state index contributed by atoms with van der Waals surface area (Å²) in [6.45, 7) is 5.79. The van der Waals surface area contributed by atoms with E-state index in [-0.39, 0.29) is 0 Å². The van der Waals surface area contributed by atoms with E-state index >= 15 is 0 Å². The van der Waals surface area contributed by atoms with E-state index in [1.54, 1.807) is 0 Å². The minimum atomic E-state index is 0.518. The van der Waals surface area contributed by atoms with Gasteiger partial charge in [0.1, 0.15) is 0 Å². The third kappa shape index (κ3) is 3.57. The Morgan fingerprint density at radius 1 is 1.41 bits per heavy atom. The number of nitrogens with zero attached hydrogens (tertiary/aromatic N) is 2. The van der Waals surface area contributed by atoms with E-state index in [4.69, 9.17) is 5.26 Å². The van der Waals surface area contributed by atoms with Crippen LogP contribution in [0.3, 0.4) is 0 Å². The molecule has 90 valence electrons. The van der Waals surface area contributed by atoms with Gasteiger partial charge in [0.05, 0.1) is 12.5 Å². The minimum Gasteiger partial charge on any atom is -0.299 e. The van der Waals surface area contributed by atoms with Gasteiger partial charge in [-0.2, -0.15) is 5.26 Å². The highest BCUT2D eigenvalue weighted by atomic mass is 15.1. The summed E-state index contributed by atoms with van der Waals surface area (Å²) < 4.78 is 0. The van der Waals surface area contributed by atoms with Gasteiger partial charge in [0.15, 0.2) is 0 Å². The molecule has 0 N–H and O–H groups in total. The van der Waals surface area contributed by atoms with Gasteiger partial charge >= 0.3 is 0 Å². The summed E-state index contributed by atoms with van der Waals surface area (Å²) in [5.74, 6) is 0.825. The standard InChI is InChI=1S/C15H20N2/c1-13-4-3-9-17(11-13)12-15-6-2-5-14(10-15)7-8-16/h2,5-6,10,13H,3-4,7,9,11-12H2,1H3. The molecule has 1 atom stereocenters. The largest absolute Gasteiger partial charge is 0.299 e. The third-order valence-corrected chi connectivity index (χ3v) is 3.42. The second kappa shape index (κ2) is 5.84. The lowest BCUT2D eigenvalue weighted by atomic mass is 9.99. The van der Waals surface area contributed by atoms with E-state index in [1.165, 1.54) is 31.5 Å². The molecule has 17 heavy (non-hydrogen) atoms. The van der Waals surface area contributed by atoms with Crippen molar-refractivity contribution in [3.63, 3.8) is 0 Å². The Hall–Kier alpha value is -1.33. The van der Waals surface area contributed by atoms with Gasteiger partial charge in [-0.15, -0.1) is 0 Å². The van der Waals surface area contributed by atoms with Gasteiger partial charge in [0.2, 0.25) is 0 Å². The van der Waals surface area contributed by atoms with Crippen LogP contribution in [0.1, 0.15) is 30.9 Å². The molecular formula is C15H20N2. The molecule has 0 radical (unpaired) electrons. The molecule has 0 amide bonds. The Balaban J connectivity index is 1.98. The number of piperidine rings is 1. The molecule has 1 unspecified atom stereocenters. The van der Waals surface area contributed by atoms with Gasteiger partial charge in [-0.05, 0) is 36.4 Å². The predicted octanol–water partition coefficient (Wildman–Crippen LogP) is 2.98. The lowest BCUT2D eigenvalue weighted by Gasteiger charge is -2.30. The van der Waals surface area contributed by atoms with Crippen LogP contribution in [0.25, 0.3) is 0 Å². The van der Waals surface area contributed by atoms with Gasteiger partial charge in [0, 0.05) is 13.1 Å². The molecule has 0 aromatic heterocycles. The molecule has 1 saturated heterocycles. The maximum absolute atomic E-state index is 8.71. The second-order valence-corrected chi connectivity index (χ2v) is 5.14. The first kappa shape index (κ1) is 12.1. The highest BCUT2D eigenvalue weighted by Crippen LogP contribution is 2.18. The molecular weight excluding hydrogens is 208 g/mol. The van der Waals surface area contributed by atoms with Crippen LogP contribution in [-0.2, 0) is 13.0 Å². The predicted molar refractivity (Wildman–Crippen MR) is 69.4 cm³/mol. The average molecular weight is 228 g/mol. The van der Waals surface area contributed by atoms with Crippen molar-refractivity contribution in [3.8, 4) is 6.07 Å². The summed E-state index contributed by atoms with van der Waals surface area (Å²) in [5, 5.41) is 8.71. The van der Waals surface area contributed by atoms with Crippen molar-refractivity contribution < 1.29 is 0 Å². The Labute approximate surface area is 104 Å². The van der Waals surface area contributed by atoms with Crippen molar-refractivity contribution in [2.24, 2.45) is 5.92 Å². The fourth-order valence-corrected chi connectivity index (χ4v) is 2.62. The van der Waals surface area contributed by atoms with Gasteiger partial charge in [0.25, 0.3) is 0 Å². The molecule has 1 aliphatic rings. The molecule has 1 heterocycles. The van der Waals surface area contributed by atoms with Gasteiger partial charge in [-0.3, -0.25) is 4.90 Å². The van der Waals surface area contributed by atoms with E-state index in [0.717, 1.165) is 18.0 Å². The van der Waals surface area contributed by atoms with Crippen molar-refractivity contribution in [1.82, 2.24) is 4.90 Å². The number of rotatable bonds is 3. The minimum absolute atomic E-state index is 0.518. The maximum Gasteiger partial charge on any atom is 0.0669 e. The SMILES string of the molecule is CC1CCCN(Cc2cccc(CC#N)c2)C1. The average Bonchev–Trinajstić information content (AvgIpc) is 2.30. The zero-order chi connectivity index (χ0) is 12.1. The van der Waals surface area contributed by atoms with Gasteiger partial charge < -0.3 is 0 Å². The quantitative estimate of drug-likeness (QED) is 0.795. The molecule has 0 spiro atoms. The molecule has 2 heteroatoms. The van der Waals surface area contributed by atoms with Gasteiger partial charge in [-0.25, -0.2) is 0 Å². The first-order valence-corrected chi connectivity index (χ1v) is 6.45. The molecule has 0 bridgehead atoms. The Morgan fingerprint density at radius 2 is 2.24 bits per heavy atom. The highest BCUT2D eigenvalue weighted by Gasteiger charge is 2.16. The number of nitriles is 1. The zero-order valence-corrected chi connectivity index (χ0v) is 10.5. The van der Waals surface area contributed by atoms with E-state index in [2.05, 4.69) is 36.1 Å². The van der Waals surface area contributed by atoms with Crippen LogP contribution < -0.4 is 0 Å². The molecule has 2 nitrogen and oxygen atoms in total. The van der Waals surface area contributed by atoms with E-state index in [1.807, 2.05) is 6.07 Å². The Bertz CT molecular complexity index is 406. The van der Waals surface area contributed by atoms with Crippen molar-refractivity contribution >= 4 is 0 Å². The molecule has 0 aliphatic carbocycles. The lowest BCUT2D eigenvalue weighted by molar-refractivity contribution is 0.176. The maximum atomic E-state index is 8.71. The smallest absolute Gasteiger partial charge is 0.0669 e. The van der Waals surface area contributed by atoms with Crippen LogP contribution in [0, 0.1) is 17.2 Å². The van der Waals surface area contributed by atoms with Crippen molar-refractivity contribution in [1.29, 1.82) is 5.26 Å². The summed E-state index contributed by atoms with van der Waals surface area (Å²) in [6, 6.07) is 10.6. The number of likely N-dealkylation sites (tertiary alicyclic amines) is 1. The Morgan fingerprint density at radius 3 is 3.00 bits per heavy atom. The molecule has 1 fully saturated rings. The molecule has 2 rings (SSSR count). The Kier molecular flexibility index (Phi) is 4.17. The summed E-state index contributed by atoms with van der Waals surface area (Å²) >= 11 is 0. The molecule has 1 aromatic rings. The lowest BCUT2D eigenvalue weighted by Crippen LogP contribution is -2.33. The van der Waals surface area contributed by atoms with Crippen LogP contribution in [0.15, 0.2) is 24.3 Å². The van der Waals surface area contributed by atoms with E-state index in [0.29, 0.717) is 6.42 Å². The van der Waals surface area contributed by atoms with Crippen LogP contribution in [0.5, 0.6) is 0 Å². The summed E-state index contributed by atoms with van der Waals surface area (Å²) in [6.07, 6.45) is 3.20. The molecule has 0 saturated carbocycles. The topological polar surface area (TPSA) is 27.0 Å². The number of hydrogen-bond acceptors (Lipinski definition) is 2. The fraction of sp³-hybridized carbons (Fsp3) is 0.533. The van der Waals surface area contributed by atoms with Gasteiger partial charge in [-0.1, -0.05) is 31.2 Å². The van der Waals surface area contributed by atoms with Crippen LogP contribution >= 0.6 is 0 Å². The first-order valence-electron chi connectivity index (χ1n) is 6.45. The van der Waals surface area contributed by atoms with Crippen LogP contribution in [0.4, 0.5) is 0 Å². The zero-order valence-electron chi connectivity index (χ0n) is 10.5. The summed E-state index contributed by atoms with van der Waals surface area (Å²) in [4.78, 5) is 2.53. The summed E-state index contributed by atoms with van der Waals surface area (Å²) in [5.41, 5.74) is 2.47. The third-order valence-electron chi connectivity index (χ3n) is 3.42. The van der Waals surface area contributed by atoms with E-state index < -0.39 is 0 Å². The number of hydrogen-bond donors (Lipinski definition) is 0. The second-order valence-electron chi connectivity index (χ2n) is 5.14. The first-order chi connectivity index (χ1) is 8.28.